The van der Waals surface area contributed by atoms with E-state index in [0.717, 1.165) is 89.9 Å². The molecule has 0 saturated heterocycles. The van der Waals surface area contributed by atoms with Crippen molar-refractivity contribution >= 4 is 11.9 Å². The average molecular weight is 557 g/mol. The fourth-order valence-electron chi connectivity index (χ4n) is 8.52. The topological polar surface area (TPSA) is 100 Å². The van der Waals surface area contributed by atoms with Crippen molar-refractivity contribution in [2.75, 3.05) is 0 Å². The van der Waals surface area contributed by atoms with Gasteiger partial charge in [0.15, 0.2) is 0 Å². The highest BCUT2D eigenvalue weighted by Gasteiger charge is 2.61. The van der Waals surface area contributed by atoms with Gasteiger partial charge in [0.2, 0.25) is 0 Å². The van der Waals surface area contributed by atoms with Crippen molar-refractivity contribution in [1.29, 1.82) is 10.5 Å². The van der Waals surface area contributed by atoms with Crippen LogP contribution in [-0.2, 0) is 19.1 Å². The summed E-state index contributed by atoms with van der Waals surface area (Å²) in [6.07, 6.45) is 13.3. The van der Waals surface area contributed by atoms with Crippen LogP contribution < -0.4 is 0 Å². The molecule has 0 aromatic heterocycles. The van der Waals surface area contributed by atoms with E-state index in [9.17, 15) is 20.1 Å². The number of rotatable bonds is 17. The Hall–Kier alpha value is -2.08. The predicted molar refractivity (Wildman–Crippen MR) is 158 cm³/mol. The second kappa shape index (κ2) is 15.2. The molecule has 2 fully saturated rings. The fraction of sp³-hybridized carbons (Fsp3) is 0.882. The Bertz CT molecular complexity index is 836. The minimum Gasteiger partial charge on any atom is -0.461 e. The van der Waals surface area contributed by atoms with Crippen molar-refractivity contribution in [2.24, 2.45) is 21.7 Å². The fourth-order valence-corrected chi connectivity index (χ4v) is 8.52. The Morgan fingerprint density at radius 1 is 0.650 bits per heavy atom. The number of carbonyl (C=O) groups excluding carboxylic acids is 2. The normalized spacial score (nSPS) is 28.5. The van der Waals surface area contributed by atoms with Crippen molar-refractivity contribution in [3.63, 3.8) is 0 Å². The standard InChI is InChI=1S/C34H56N2O4/c1-7-13-15-21-33(25-35)27(19-23-31(33,9-3)10-4)39-29(37)17-18-30(38)40-28-20-24-32(11-5,12-6)34(28,26-36)22-16-14-8-2/h27-28H,7-24H2,1-6H3. The summed E-state index contributed by atoms with van der Waals surface area (Å²) in [6.45, 7) is 12.9. The van der Waals surface area contributed by atoms with Gasteiger partial charge < -0.3 is 9.47 Å². The van der Waals surface area contributed by atoms with Crippen LogP contribution in [0.2, 0.25) is 0 Å². The van der Waals surface area contributed by atoms with Gasteiger partial charge in [0.25, 0.3) is 0 Å². The van der Waals surface area contributed by atoms with E-state index in [0.29, 0.717) is 12.8 Å². The van der Waals surface area contributed by atoms with Crippen molar-refractivity contribution < 1.29 is 19.1 Å². The molecule has 40 heavy (non-hydrogen) atoms. The molecule has 0 aromatic carbocycles. The van der Waals surface area contributed by atoms with E-state index in [1.807, 2.05) is 0 Å². The molecular formula is C34H56N2O4. The minimum absolute atomic E-state index is 0.0636. The molecule has 226 valence electrons. The van der Waals surface area contributed by atoms with Crippen LogP contribution in [0, 0.1) is 44.3 Å². The van der Waals surface area contributed by atoms with Crippen molar-refractivity contribution in [3.05, 3.63) is 0 Å². The molecule has 0 heterocycles. The molecule has 0 amide bonds. The summed E-state index contributed by atoms with van der Waals surface area (Å²) >= 11 is 0. The zero-order chi connectivity index (χ0) is 29.9. The minimum atomic E-state index is -0.680. The van der Waals surface area contributed by atoms with Crippen LogP contribution in [0.3, 0.4) is 0 Å². The van der Waals surface area contributed by atoms with E-state index in [1.165, 1.54) is 0 Å². The summed E-state index contributed by atoms with van der Waals surface area (Å²) in [5.41, 5.74) is -1.66. The number of hydrogen-bond acceptors (Lipinski definition) is 6. The number of nitriles is 2. The highest BCUT2D eigenvalue weighted by Crippen LogP contribution is 2.61. The quantitative estimate of drug-likeness (QED) is 0.131. The van der Waals surface area contributed by atoms with Crippen molar-refractivity contribution in [1.82, 2.24) is 0 Å². The van der Waals surface area contributed by atoms with E-state index in [1.54, 1.807) is 0 Å². The van der Waals surface area contributed by atoms with Gasteiger partial charge in [-0.25, -0.2) is 0 Å². The lowest BCUT2D eigenvalue weighted by Crippen LogP contribution is -2.44. The molecule has 2 aliphatic rings. The Morgan fingerprint density at radius 2 is 1.00 bits per heavy atom. The molecule has 6 heteroatoms. The first-order chi connectivity index (χ1) is 19.2. The second-order valence-corrected chi connectivity index (χ2v) is 12.6. The summed E-state index contributed by atoms with van der Waals surface area (Å²) in [6, 6.07) is 5.31. The second-order valence-electron chi connectivity index (χ2n) is 12.6. The highest BCUT2D eigenvalue weighted by atomic mass is 16.6. The van der Waals surface area contributed by atoms with Gasteiger partial charge in [-0.3, -0.25) is 9.59 Å². The zero-order valence-electron chi connectivity index (χ0n) is 26.4. The van der Waals surface area contributed by atoms with Crippen LogP contribution in [-0.4, -0.2) is 24.1 Å². The monoisotopic (exact) mass is 556 g/mol. The lowest BCUT2D eigenvalue weighted by molar-refractivity contribution is -0.162. The van der Waals surface area contributed by atoms with E-state index in [4.69, 9.17) is 9.47 Å². The molecule has 4 atom stereocenters. The first kappa shape index (κ1) is 34.1. The van der Waals surface area contributed by atoms with Crippen LogP contribution in [0.5, 0.6) is 0 Å². The summed E-state index contributed by atoms with van der Waals surface area (Å²) in [4.78, 5) is 26.0. The third-order valence-electron chi connectivity index (χ3n) is 11.3. The van der Waals surface area contributed by atoms with E-state index < -0.39 is 35.0 Å². The zero-order valence-corrected chi connectivity index (χ0v) is 26.4. The van der Waals surface area contributed by atoms with Gasteiger partial charge in [0, 0.05) is 0 Å². The predicted octanol–water partition coefficient (Wildman–Crippen LogP) is 8.97. The Morgan fingerprint density at radius 3 is 1.27 bits per heavy atom. The summed E-state index contributed by atoms with van der Waals surface area (Å²) in [7, 11) is 0. The van der Waals surface area contributed by atoms with Gasteiger partial charge in [0.1, 0.15) is 12.2 Å². The van der Waals surface area contributed by atoms with E-state index >= 15 is 0 Å². The molecular weight excluding hydrogens is 500 g/mol. The molecule has 4 unspecified atom stereocenters. The van der Waals surface area contributed by atoms with Crippen LogP contribution in [0.1, 0.15) is 157 Å². The van der Waals surface area contributed by atoms with Gasteiger partial charge >= 0.3 is 11.9 Å². The molecule has 6 nitrogen and oxygen atoms in total. The largest absolute Gasteiger partial charge is 0.461 e. The maximum absolute atomic E-state index is 13.0. The molecule has 2 saturated carbocycles. The highest BCUT2D eigenvalue weighted by molar-refractivity contribution is 5.78. The summed E-state index contributed by atoms with van der Waals surface area (Å²) in [5, 5.41) is 20.9. The molecule has 2 aliphatic carbocycles. The first-order valence-electron chi connectivity index (χ1n) is 16.4. The molecule has 0 bridgehead atoms. The SMILES string of the molecule is CCCCCC1(C#N)C(OC(=O)CCC(=O)OC2CCC(CC)(CC)C2(C#N)CCCCC)CCC1(CC)CC. The molecule has 0 aliphatic heterocycles. The number of hydrogen-bond donors (Lipinski definition) is 0. The van der Waals surface area contributed by atoms with Crippen molar-refractivity contribution in [3.8, 4) is 12.1 Å². The maximum Gasteiger partial charge on any atom is 0.306 e. The van der Waals surface area contributed by atoms with Crippen LogP contribution in [0.4, 0.5) is 0 Å². The van der Waals surface area contributed by atoms with Gasteiger partial charge in [-0.05, 0) is 75.0 Å². The molecule has 2 rings (SSSR count). The number of esters is 2. The number of ether oxygens (including phenoxy) is 2. The Labute approximate surface area is 244 Å². The maximum atomic E-state index is 13.0. The van der Waals surface area contributed by atoms with Crippen LogP contribution in [0.25, 0.3) is 0 Å². The van der Waals surface area contributed by atoms with Gasteiger partial charge in [-0.1, -0.05) is 80.1 Å². The van der Waals surface area contributed by atoms with Gasteiger partial charge in [0.05, 0.1) is 35.8 Å². The summed E-state index contributed by atoms with van der Waals surface area (Å²) in [5.74, 6) is -0.866. The van der Waals surface area contributed by atoms with E-state index in [2.05, 4.69) is 53.7 Å². The van der Waals surface area contributed by atoms with Crippen molar-refractivity contribution in [2.45, 2.75) is 169 Å². The number of carbonyl (C=O) groups is 2. The average Bonchev–Trinajstić information content (AvgIpc) is 3.44. The third kappa shape index (κ3) is 6.37. The number of unbranched alkanes of at least 4 members (excludes halogenated alkanes) is 4. The van der Waals surface area contributed by atoms with Crippen LogP contribution in [0.15, 0.2) is 0 Å². The third-order valence-corrected chi connectivity index (χ3v) is 11.3. The number of nitrogens with zero attached hydrogens (tertiary/aromatic N) is 2. The summed E-state index contributed by atoms with van der Waals surface area (Å²) < 4.78 is 12.0. The molecule has 0 radical (unpaired) electrons. The van der Waals surface area contributed by atoms with E-state index in [-0.39, 0.29) is 23.7 Å². The van der Waals surface area contributed by atoms with Gasteiger partial charge in [-0.2, -0.15) is 10.5 Å². The molecule has 0 aromatic rings. The first-order valence-corrected chi connectivity index (χ1v) is 16.4. The smallest absolute Gasteiger partial charge is 0.306 e. The Kier molecular flexibility index (Phi) is 13.0. The lowest BCUT2D eigenvalue weighted by atomic mass is 9.60. The Balaban J connectivity index is 2.09. The van der Waals surface area contributed by atoms with Gasteiger partial charge in [-0.15, -0.1) is 0 Å². The molecule has 0 spiro atoms. The molecule has 0 N–H and O–H groups in total. The van der Waals surface area contributed by atoms with Crippen LogP contribution >= 0.6 is 0 Å². The lowest BCUT2D eigenvalue weighted by Gasteiger charge is -2.43.